The van der Waals surface area contributed by atoms with E-state index in [1.54, 1.807) is 38.1 Å². The van der Waals surface area contributed by atoms with Crippen LogP contribution in [0, 0.1) is 5.82 Å². The van der Waals surface area contributed by atoms with Crippen molar-refractivity contribution in [3.63, 3.8) is 0 Å². The minimum Gasteiger partial charge on any atom is -0.465 e. The van der Waals surface area contributed by atoms with E-state index in [-0.39, 0.29) is 18.1 Å². The van der Waals surface area contributed by atoms with E-state index in [1.807, 2.05) is 0 Å². The Hall–Kier alpha value is -3.13. The summed E-state index contributed by atoms with van der Waals surface area (Å²) in [6, 6.07) is 9.44. The van der Waals surface area contributed by atoms with Gasteiger partial charge < -0.3 is 9.15 Å². The van der Waals surface area contributed by atoms with Crippen LogP contribution in [0.5, 0.6) is 0 Å². The molecule has 0 unspecified atom stereocenters. The number of benzene rings is 1. The average Bonchev–Trinajstić information content (AvgIpc) is 3.33. The lowest BCUT2D eigenvalue weighted by Gasteiger charge is -2.22. The molecule has 0 aliphatic carbocycles. The van der Waals surface area contributed by atoms with Gasteiger partial charge in [0.1, 0.15) is 23.7 Å². The van der Waals surface area contributed by atoms with Gasteiger partial charge in [0.2, 0.25) is 11.6 Å². The fraction of sp³-hybridized carbons (Fsp3) is 0.300. The van der Waals surface area contributed by atoms with Gasteiger partial charge in [-0.2, -0.15) is 0 Å². The Bertz CT molecular complexity index is 989. The molecule has 0 saturated heterocycles. The van der Waals surface area contributed by atoms with Crippen molar-refractivity contribution in [1.29, 1.82) is 0 Å². The number of hydrogen-bond acceptors (Lipinski definition) is 6. The second kappa shape index (κ2) is 7.85. The zero-order chi connectivity index (χ0) is 20.3. The number of furan rings is 1. The molecule has 0 fully saturated rings. The molecule has 8 heteroatoms. The molecular weight excluding hydrogens is 365 g/mol. The molecule has 1 aromatic carbocycles. The summed E-state index contributed by atoms with van der Waals surface area (Å²) in [5.74, 6) is -0.970. The number of carbonyl (C=O) groups is 2. The van der Waals surface area contributed by atoms with Gasteiger partial charge in [-0.3, -0.25) is 9.59 Å². The van der Waals surface area contributed by atoms with Crippen molar-refractivity contribution in [2.45, 2.75) is 32.4 Å². The third kappa shape index (κ3) is 4.40. The molecule has 0 amide bonds. The topological polar surface area (TPSA) is 87.2 Å². The quantitative estimate of drug-likeness (QED) is 0.438. The lowest BCUT2D eigenvalue weighted by Crippen LogP contribution is -2.29. The van der Waals surface area contributed by atoms with Crippen molar-refractivity contribution in [2.75, 3.05) is 7.11 Å². The fourth-order valence-corrected chi connectivity index (χ4v) is 2.50. The first-order valence-corrected chi connectivity index (χ1v) is 8.65. The number of ketones is 2. The Morgan fingerprint density at radius 3 is 2.50 bits per heavy atom. The summed E-state index contributed by atoms with van der Waals surface area (Å²) in [6.07, 6.45) is 1.61. The molecule has 146 valence electrons. The zero-order valence-corrected chi connectivity index (χ0v) is 15.8. The standard InChI is InChI=1S/C20H20FN3O4/c1-20(2,27-3)24-12-22-19(23-24)18(26)17(25)11-16-9-8-15(28-16)10-13-4-6-14(21)7-5-13/h4-9,12H,10-11H2,1-3H3. The third-order valence-corrected chi connectivity index (χ3v) is 4.34. The molecule has 2 aromatic heterocycles. The smallest absolute Gasteiger partial charge is 0.268 e. The van der Waals surface area contributed by atoms with Crippen molar-refractivity contribution < 1.29 is 23.1 Å². The number of carbonyl (C=O) groups excluding carboxylic acids is 2. The lowest BCUT2D eigenvalue weighted by atomic mass is 10.1. The van der Waals surface area contributed by atoms with Gasteiger partial charge in [0.05, 0.1) is 6.42 Å². The number of rotatable bonds is 8. The van der Waals surface area contributed by atoms with Gasteiger partial charge in [0.25, 0.3) is 5.78 Å². The van der Waals surface area contributed by atoms with Crippen LogP contribution in [0.2, 0.25) is 0 Å². The number of methoxy groups -OCH3 is 1. The summed E-state index contributed by atoms with van der Waals surface area (Å²) in [5.41, 5.74) is 0.0883. The summed E-state index contributed by atoms with van der Waals surface area (Å²) in [5, 5.41) is 4.03. The highest BCUT2D eigenvalue weighted by atomic mass is 19.1. The molecule has 0 spiro atoms. The minimum atomic E-state index is -0.790. The maximum Gasteiger partial charge on any atom is 0.268 e. The molecule has 28 heavy (non-hydrogen) atoms. The predicted octanol–water partition coefficient (Wildman–Crippen LogP) is 2.93. The van der Waals surface area contributed by atoms with Gasteiger partial charge in [-0.15, -0.1) is 5.10 Å². The fourth-order valence-electron chi connectivity index (χ4n) is 2.50. The number of halogens is 1. The molecular formula is C20H20FN3O4. The van der Waals surface area contributed by atoms with Crippen LogP contribution in [0.3, 0.4) is 0 Å². The van der Waals surface area contributed by atoms with Crippen LogP contribution in [0.1, 0.15) is 41.6 Å². The van der Waals surface area contributed by atoms with E-state index in [9.17, 15) is 14.0 Å². The van der Waals surface area contributed by atoms with Crippen LogP contribution in [0.15, 0.2) is 47.1 Å². The highest BCUT2D eigenvalue weighted by Gasteiger charge is 2.26. The van der Waals surface area contributed by atoms with Crippen LogP contribution < -0.4 is 0 Å². The van der Waals surface area contributed by atoms with Crippen LogP contribution in [0.25, 0.3) is 0 Å². The maximum absolute atomic E-state index is 13.0. The zero-order valence-electron chi connectivity index (χ0n) is 15.8. The van der Waals surface area contributed by atoms with Crippen molar-refractivity contribution >= 4 is 11.6 Å². The highest BCUT2D eigenvalue weighted by molar-refractivity contribution is 6.42. The Kier molecular flexibility index (Phi) is 5.51. The van der Waals surface area contributed by atoms with Crippen LogP contribution in [0.4, 0.5) is 4.39 Å². The number of Topliss-reactive ketones (excluding diaryl/α,β-unsaturated/α-hetero) is 2. The molecule has 0 aliphatic rings. The van der Waals surface area contributed by atoms with Crippen LogP contribution in [-0.2, 0) is 28.1 Å². The monoisotopic (exact) mass is 385 g/mol. The second-order valence-corrected chi connectivity index (χ2v) is 6.76. The first kappa shape index (κ1) is 19.6. The van der Waals surface area contributed by atoms with Crippen molar-refractivity contribution in [3.05, 3.63) is 71.5 Å². The Morgan fingerprint density at radius 1 is 1.14 bits per heavy atom. The molecule has 2 heterocycles. The van der Waals surface area contributed by atoms with Gasteiger partial charge >= 0.3 is 0 Å². The highest BCUT2D eigenvalue weighted by Crippen LogP contribution is 2.16. The molecule has 0 radical (unpaired) electrons. The molecule has 7 nitrogen and oxygen atoms in total. The first-order chi connectivity index (χ1) is 13.3. The molecule has 0 bridgehead atoms. The number of hydrogen-bond donors (Lipinski definition) is 0. The number of nitrogens with zero attached hydrogens (tertiary/aromatic N) is 3. The van der Waals surface area contributed by atoms with Crippen LogP contribution >= 0.6 is 0 Å². The summed E-state index contributed by atoms with van der Waals surface area (Å²) < 4.78 is 25.2. The largest absolute Gasteiger partial charge is 0.465 e. The lowest BCUT2D eigenvalue weighted by molar-refractivity contribution is -0.114. The van der Waals surface area contributed by atoms with Gasteiger partial charge in [-0.1, -0.05) is 12.1 Å². The Labute approximate surface area is 161 Å². The van der Waals surface area contributed by atoms with Crippen molar-refractivity contribution in [3.8, 4) is 0 Å². The average molecular weight is 385 g/mol. The Balaban J connectivity index is 1.64. The molecule has 0 aliphatic heterocycles. The molecule has 3 aromatic rings. The summed E-state index contributed by atoms with van der Waals surface area (Å²) in [4.78, 5) is 28.5. The molecule has 0 atom stereocenters. The van der Waals surface area contributed by atoms with Gasteiger partial charge in [0, 0.05) is 13.5 Å². The van der Waals surface area contributed by atoms with Gasteiger partial charge in [0.15, 0.2) is 5.72 Å². The third-order valence-electron chi connectivity index (χ3n) is 4.34. The minimum absolute atomic E-state index is 0.187. The number of ether oxygens (including phenoxy) is 1. The summed E-state index contributed by atoms with van der Waals surface area (Å²) in [6.45, 7) is 3.51. The van der Waals surface area contributed by atoms with E-state index in [2.05, 4.69) is 10.1 Å². The van der Waals surface area contributed by atoms with E-state index in [0.29, 0.717) is 17.9 Å². The van der Waals surface area contributed by atoms with E-state index < -0.39 is 17.3 Å². The molecule has 0 N–H and O–H groups in total. The van der Waals surface area contributed by atoms with E-state index in [0.717, 1.165) is 5.56 Å². The van der Waals surface area contributed by atoms with Crippen molar-refractivity contribution in [2.24, 2.45) is 0 Å². The molecule has 0 saturated carbocycles. The van der Waals surface area contributed by atoms with Gasteiger partial charge in [-0.05, 0) is 43.7 Å². The Morgan fingerprint density at radius 2 is 1.82 bits per heavy atom. The number of aromatic nitrogens is 3. The van der Waals surface area contributed by atoms with Crippen LogP contribution in [-0.4, -0.2) is 33.4 Å². The SMILES string of the molecule is COC(C)(C)n1cnc(C(=O)C(=O)Cc2ccc(Cc3ccc(F)cc3)o2)n1. The van der Waals surface area contributed by atoms with Gasteiger partial charge in [-0.25, -0.2) is 14.1 Å². The normalized spacial score (nSPS) is 11.6. The van der Waals surface area contributed by atoms with E-state index in [4.69, 9.17) is 9.15 Å². The van der Waals surface area contributed by atoms with E-state index in [1.165, 1.54) is 30.3 Å². The predicted molar refractivity (Wildman–Crippen MR) is 97.3 cm³/mol. The van der Waals surface area contributed by atoms with Crippen molar-refractivity contribution in [1.82, 2.24) is 14.8 Å². The summed E-state index contributed by atoms with van der Waals surface area (Å²) in [7, 11) is 1.51. The van der Waals surface area contributed by atoms with E-state index >= 15 is 0 Å². The summed E-state index contributed by atoms with van der Waals surface area (Å²) >= 11 is 0. The second-order valence-electron chi connectivity index (χ2n) is 6.76. The molecule has 3 rings (SSSR count). The first-order valence-electron chi connectivity index (χ1n) is 8.65. The maximum atomic E-state index is 13.0.